The molecule has 0 radical (unpaired) electrons. The van der Waals surface area contributed by atoms with Gasteiger partial charge in [0, 0.05) is 29.2 Å². The standard InChI is InChI=1S/C15H19F2NO/c1-9(2)14(16)7-13(10(3)19)12-6-4-5-11(8-18)15(12)17/h4-7,9,19H,8,18H2,1-3H3/b13-10-,14-7-. The smallest absolute Gasteiger partial charge is 0.135 e. The lowest BCUT2D eigenvalue weighted by molar-refractivity contribution is 0.416. The lowest BCUT2D eigenvalue weighted by atomic mass is 9.99. The number of halogens is 2. The number of aliphatic hydroxyl groups excluding tert-OH is 1. The molecule has 0 aliphatic carbocycles. The van der Waals surface area contributed by atoms with E-state index in [9.17, 15) is 13.9 Å². The third kappa shape index (κ3) is 3.64. The van der Waals surface area contributed by atoms with Gasteiger partial charge >= 0.3 is 0 Å². The predicted molar refractivity (Wildman–Crippen MR) is 73.5 cm³/mol. The van der Waals surface area contributed by atoms with Crippen LogP contribution >= 0.6 is 0 Å². The Balaban J connectivity index is 3.39. The second-order valence-corrected chi connectivity index (χ2v) is 4.67. The van der Waals surface area contributed by atoms with Crippen LogP contribution in [-0.2, 0) is 6.54 Å². The first-order valence-electron chi connectivity index (χ1n) is 6.13. The van der Waals surface area contributed by atoms with Crippen molar-refractivity contribution in [3.63, 3.8) is 0 Å². The number of aliphatic hydroxyl groups is 1. The summed E-state index contributed by atoms with van der Waals surface area (Å²) in [6.07, 6.45) is 1.17. The van der Waals surface area contributed by atoms with Gasteiger partial charge in [0.25, 0.3) is 0 Å². The van der Waals surface area contributed by atoms with Gasteiger partial charge in [0.15, 0.2) is 0 Å². The van der Waals surface area contributed by atoms with Crippen LogP contribution < -0.4 is 5.73 Å². The molecule has 0 saturated carbocycles. The summed E-state index contributed by atoms with van der Waals surface area (Å²) in [5, 5.41) is 9.65. The molecule has 0 fully saturated rings. The Morgan fingerprint density at radius 2 is 2.05 bits per heavy atom. The first kappa shape index (κ1) is 15.4. The van der Waals surface area contributed by atoms with E-state index in [2.05, 4.69) is 0 Å². The SMILES string of the molecule is C/C(O)=C(\C=C(/F)C(C)C)c1cccc(CN)c1F. The fourth-order valence-corrected chi connectivity index (χ4v) is 1.63. The highest BCUT2D eigenvalue weighted by Crippen LogP contribution is 2.27. The van der Waals surface area contributed by atoms with Crippen molar-refractivity contribution in [3.8, 4) is 0 Å². The third-order valence-electron chi connectivity index (χ3n) is 2.81. The number of nitrogens with two attached hydrogens (primary N) is 1. The van der Waals surface area contributed by atoms with E-state index in [1.54, 1.807) is 26.0 Å². The predicted octanol–water partition coefficient (Wildman–Crippen LogP) is 4.08. The Hall–Kier alpha value is -1.68. The summed E-state index contributed by atoms with van der Waals surface area (Å²) in [7, 11) is 0. The fraction of sp³-hybridized carbons (Fsp3) is 0.333. The van der Waals surface area contributed by atoms with E-state index >= 15 is 0 Å². The largest absolute Gasteiger partial charge is 0.512 e. The molecular weight excluding hydrogens is 248 g/mol. The van der Waals surface area contributed by atoms with Gasteiger partial charge < -0.3 is 10.8 Å². The lowest BCUT2D eigenvalue weighted by Gasteiger charge is -2.10. The van der Waals surface area contributed by atoms with Crippen LogP contribution in [-0.4, -0.2) is 5.11 Å². The first-order valence-corrected chi connectivity index (χ1v) is 6.13. The molecule has 1 aromatic carbocycles. The normalized spacial score (nSPS) is 13.7. The van der Waals surface area contributed by atoms with Crippen molar-refractivity contribution < 1.29 is 13.9 Å². The molecule has 0 bridgehead atoms. The fourth-order valence-electron chi connectivity index (χ4n) is 1.63. The van der Waals surface area contributed by atoms with Crippen molar-refractivity contribution in [1.29, 1.82) is 0 Å². The lowest BCUT2D eigenvalue weighted by Crippen LogP contribution is -2.03. The van der Waals surface area contributed by atoms with Crippen LogP contribution in [0.25, 0.3) is 5.57 Å². The highest BCUT2D eigenvalue weighted by Gasteiger charge is 2.14. The van der Waals surface area contributed by atoms with Gasteiger partial charge in [-0.25, -0.2) is 8.78 Å². The summed E-state index contributed by atoms with van der Waals surface area (Å²) >= 11 is 0. The van der Waals surface area contributed by atoms with Crippen molar-refractivity contribution >= 4 is 5.57 Å². The Kier molecular flexibility index (Phi) is 5.24. The van der Waals surface area contributed by atoms with Crippen molar-refractivity contribution in [2.45, 2.75) is 27.3 Å². The van der Waals surface area contributed by atoms with Gasteiger partial charge in [-0.15, -0.1) is 0 Å². The molecule has 0 aliphatic heterocycles. The van der Waals surface area contributed by atoms with E-state index in [4.69, 9.17) is 5.73 Å². The third-order valence-corrected chi connectivity index (χ3v) is 2.81. The highest BCUT2D eigenvalue weighted by atomic mass is 19.1. The monoisotopic (exact) mass is 267 g/mol. The summed E-state index contributed by atoms with van der Waals surface area (Å²) < 4.78 is 27.9. The van der Waals surface area contributed by atoms with Gasteiger partial charge in [-0.2, -0.15) is 0 Å². The van der Waals surface area contributed by atoms with Crippen molar-refractivity contribution in [3.05, 3.63) is 52.8 Å². The summed E-state index contributed by atoms with van der Waals surface area (Å²) in [5.74, 6) is -1.40. The zero-order valence-corrected chi connectivity index (χ0v) is 11.4. The van der Waals surface area contributed by atoms with Crippen LogP contribution in [0.3, 0.4) is 0 Å². The minimum absolute atomic E-state index is 0.0494. The van der Waals surface area contributed by atoms with E-state index < -0.39 is 11.6 Å². The van der Waals surface area contributed by atoms with Gasteiger partial charge in [0.1, 0.15) is 11.6 Å². The Bertz CT molecular complexity index is 515. The van der Waals surface area contributed by atoms with Crippen molar-refractivity contribution in [2.24, 2.45) is 11.7 Å². The topological polar surface area (TPSA) is 46.2 Å². The molecule has 0 atom stereocenters. The average molecular weight is 267 g/mol. The van der Waals surface area contributed by atoms with E-state index in [1.165, 1.54) is 19.1 Å². The minimum atomic E-state index is -0.527. The zero-order chi connectivity index (χ0) is 14.6. The number of allylic oxidation sites excluding steroid dienone is 4. The van der Waals surface area contributed by atoms with Crippen LogP contribution in [0.5, 0.6) is 0 Å². The molecule has 104 valence electrons. The van der Waals surface area contributed by atoms with E-state index in [1.807, 2.05) is 0 Å². The number of benzene rings is 1. The Morgan fingerprint density at radius 3 is 2.53 bits per heavy atom. The molecule has 0 amide bonds. The van der Waals surface area contributed by atoms with Gasteiger partial charge in [0.2, 0.25) is 0 Å². The summed E-state index contributed by atoms with van der Waals surface area (Å²) in [6.45, 7) is 4.81. The van der Waals surface area contributed by atoms with Crippen molar-refractivity contribution in [2.75, 3.05) is 0 Å². The summed E-state index contributed by atoms with van der Waals surface area (Å²) in [6, 6.07) is 4.68. The van der Waals surface area contributed by atoms with Gasteiger partial charge in [-0.3, -0.25) is 0 Å². The van der Waals surface area contributed by atoms with Crippen LogP contribution in [0.15, 0.2) is 35.9 Å². The van der Waals surface area contributed by atoms with E-state index in [-0.39, 0.29) is 29.4 Å². The quantitative estimate of drug-likeness (QED) is 0.637. The van der Waals surface area contributed by atoms with Crippen LogP contribution in [0.1, 0.15) is 31.9 Å². The second kappa shape index (κ2) is 6.48. The molecule has 1 rings (SSSR count). The molecule has 4 heteroatoms. The molecule has 2 nitrogen and oxygen atoms in total. The van der Waals surface area contributed by atoms with E-state index in [0.29, 0.717) is 5.56 Å². The number of rotatable bonds is 4. The molecule has 0 aromatic heterocycles. The van der Waals surface area contributed by atoms with Gasteiger partial charge in [-0.1, -0.05) is 32.0 Å². The summed E-state index contributed by atoms with van der Waals surface area (Å²) in [4.78, 5) is 0. The molecule has 0 heterocycles. The maximum atomic E-state index is 14.2. The van der Waals surface area contributed by atoms with Crippen LogP contribution in [0.2, 0.25) is 0 Å². The number of hydrogen-bond acceptors (Lipinski definition) is 2. The highest BCUT2D eigenvalue weighted by molar-refractivity contribution is 5.76. The zero-order valence-electron chi connectivity index (χ0n) is 11.4. The molecule has 0 aliphatic rings. The van der Waals surface area contributed by atoms with Crippen molar-refractivity contribution in [1.82, 2.24) is 0 Å². The molecule has 3 N–H and O–H groups in total. The molecule has 0 spiro atoms. The number of hydrogen-bond donors (Lipinski definition) is 2. The van der Waals surface area contributed by atoms with Gasteiger partial charge in [-0.05, 0) is 13.0 Å². The second-order valence-electron chi connectivity index (χ2n) is 4.67. The molecule has 0 saturated heterocycles. The molecule has 1 aromatic rings. The molecular formula is C15H19F2NO. The van der Waals surface area contributed by atoms with Crippen LogP contribution in [0, 0.1) is 11.7 Å². The Morgan fingerprint density at radius 1 is 1.42 bits per heavy atom. The first-order chi connectivity index (χ1) is 8.88. The maximum Gasteiger partial charge on any atom is 0.135 e. The Labute approximate surface area is 112 Å². The maximum absolute atomic E-state index is 14.2. The minimum Gasteiger partial charge on any atom is -0.512 e. The summed E-state index contributed by atoms with van der Waals surface area (Å²) in [5.41, 5.74) is 6.06. The average Bonchev–Trinajstić information content (AvgIpc) is 2.36. The van der Waals surface area contributed by atoms with Crippen LogP contribution in [0.4, 0.5) is 8.78 Å². The molecule has 19 heavy (non-hydrogen) atoms. The van der Waals surface area contributed by atoms with E-state index in [0.717, 1.165) is 0 Å². The van der Waals surface area contributed by atoms with Gasteiger partial charge in [0.05, 0.1) is 5.76 Å². The molecule has 0 unspecified atom stereocenters.